The molecule has 2 aromatic carbocycles. The molecule has 0 spiro atoms. The number of carbonyl (C=O) groups excluding carboxylic acids is 1. The van der Waals surface area contributed by atoms with Gasteiger partial charge in [0.1, 0.15) is 11.5 Å². The lowest BCUT2D eigenvalue weighted by molar-refractivity contribution is 0.102. The van der Waals surface area contributed by atoms with Gasteiger partial charge in [-0.2, -0.15) is 0 Å². The van der Waals surface area contributed by atoms with Gasteiger partial charge in [-0.25, -0.2) is 0 Å². The molecule has 26 heavy (non-hydrogen) atoms. The SMILES string of the molecule is CCCCc1ccc(NC(=O)c2cc(-c3ccc(Br)cc3)oc2C)cc1. The Kier molecular flexibility index (Phi) is 5.94. The summed E-state index contributed by atoms with van der Waals surface area (Å²) >= 11 is 3.42. The topological polar surface area (TPSA) is 42.2 Å². The number of rotatable bonds is 6. The monoisotopic (exact) mass is 411 g/mol. The Morgan fingerprint density at radius 1 is 1.08 bits per heavy atom. The highest BCUT2D eigenvalue weighted by Crippen LogP contribution is 2.27. The summed E-state index contributed by atoms with van der Waals surface area (Å²) in [6, 6.07) is 17.7. The van der Waals surface area contributed by atoms with Crippen molar-refractivity contribution in [2.75, 3.05) is 5.32 Å². The standard InChI is InChI=1S/C22H22BrNO2/c1-3-4-5-16-6-12-19(13-7-16)24-22(25)20-14-21(26-15(20)2)17-8-10-18(23)11-9-17/h6-14H,3-5H2,1-2H3,(H,24,25). The fourth-order valence-corrected chi connectivity index (χ4v) is 3.06. The predicted molar refractivity (Wildman–Crippen MR) is 110 cm³/mol. The molecule has 0 aliphatic carbocycles. The molecule has 0 radical (unpaired) electrons. The lowest BCUT2D eigenvalue weighted by atomic mass is 10.1. The highest BCUT2D eigenvalue weighted by molar-refractivity contribution is 9.10. The third-order valence-electron chi connectivity index (χ3n) is 4.32. The van der Waals surface area contributed by atoms with E-state index in [-0.39, 0.29) is 5.91 Å². The molecule has 0 aliphatic rings. The van der Waals surface area contributed by atoms with Crippen molar-refractivity contribution in [2.24, 2.45) is 0 Å². The molecule has 0 aliphatic heterocycles. The van der Waals surface area contributed by atoms with E-state index in [1.807, 2.05) is 43.3 Å². The molecule has 0 fully saturated rings. The number of nitrogens with one attached hydrogen (secondary N) is 1. The zero-order chi connectivity index (χ0) is 18.5. The van der Waals surface area contributed by atoms with Gasteiger partial charge in [-0.3, -0.25) is 4.79 Å². The molecule has 0 unspecified atom stereocenters. The lowest BCUT2D eigenvalue weighted by Gasteiger charge is -2.06. The summed E-state index contributed by atoms with van der Waals surface area (Å²) in [7, 11) is 0. The zero-order valence-corrected chi connectivity index (χ0v) is 16.6. The molecular formula is C22H22BrNO2. The number of halogens is 1. The third kappa shape index (κ3) is 4.44. The second-order valence-electron chi connectivity index (χ2n) is 6.34. The molecule has 3 nitrogen and oxygen atoms in total. The summed E-state index contributed by atoms with van der Waals surface area (Å²) in [6.45, 7) is 4.00. The first-order chi connectivity index (χ1) is 12.6. The maximum atomic E-state index is 12.6. The minimum absolute atomic E-state index is 0.157. The summed E-state index contributed by atoms with van der Waals surface area (Å²) in [5.41, 5.74) is 3.58. The van der Waals surface area contributed by atoms with Crippen LogP contribution in [0.1, 0.15) is 41.4 Å². The van der Waals surface area contributed by atoms with Crippen molar-refractivity contribution in [2.45, 2.75) is 33.1 Å². The smallest absolute Gasteiger partial charge is 0.259 e. The van der Waals surface area contributed by atoms with Crippen molar-refractivity contribution in [3.8, 4) is 11.3 Å². The van der Waals surface area contributed by atoms with Crippen LogP contribution in [-0.4, -0.2) is 5.91 Å². The van der Waals surface area contributed by atoms with Gasteiger partial charge in [0.15, 0.2) is 0 Å². The largest absolute Gasteiger partial charge is 0.461 e. The Hall–Kier alpha value is -2.33. The van der Waals surface area contributed by atoms with Crippen molar-refractivity contribution >= 4 is 27.5 Å². The van der Waals surface area contributed by atoms with Crippen LogP contribution in [-0.2, 0) is 6.42 Å². The second-order valence-corrected chi connectivity index (χ2v) is 7.26. The number of furan rings is 1. The minimum Gasteiger partial charge on any atom is -0.461 e. The molecule has 1 amide bonds. The average Bonchev–Trinajstić information content (AvgIpc) is 3.03. The molecule has 0 bridgehead atoms. The molecule has 0 atom stereocenters. The van der Waals surface area contributed by atoms with E-state index in [0.717, 1.165) is 22.1 Å². The number of unbranched alkanes of at least 4 members (excludes halogenated alkanes) is 1. The van der Waals surface area contributed by atoms with E-state index in [1.54, 1.807) is 6.07 Å². The highest BCUT2D eigenvalue weighted by Gasteiger charge is 2.16. The maximum Gasteiger partial charge on any atom is 0.259 e. The fourth-order valence-electron chi connectivity index (χ4n) is 2.80. The van der Waals surface area contributed by atoms with E-state index in [4.69, 9.17) is 4.42 Å². The number of amides is 1. The number of hydrogen-bond donors (Lipinski definition) is 1. The molecular weight excluding hydrogens is 390 g/mol. The molecule has 3 rings (SSSR count). The van der Waals surface area contributed by atoms with Gasteiger partial charge in [-0.1, -0.05) is 53.5 Å². The molecule has 1 aromatic heterocycles. The van der Waals surface area contributed by atoms with E-state index >= 15 is 0 Å². The van der Waals surface area contributed by atoms with Gasteiger partial charge in [0.05, 0.1) is 5.56 Å². The lowest BCUT2D eigenvalue weighted by Crippen LogP contribution is -2.12. The van der Waals surface area contributed by atoms with Crippen LogP contribution in [0.25, 0.3) is 11.3 Å². The van der Waals surface area contributed by atoms with Crippen LogP contribution in [0.15, 0.2) is 63.5 Å². The average molecular weight is 412 g/mol. The van der Waals surface area contributed by atoms with E-state index < -0.39 is 0 Å². The molecule has 134 valence electrons. The first kappa shape index (κ1) is 18.5. The number of aryl methyl sites for hydroxylation is 2. The van der Waals surface area contributed by atoms with Crippen LogP contribution >= 0.6 is 15.9 Å². The van der Waals surface area contributed by atoms with Crippen LogP contribution in [0, 0.1) is 6.92 Å². The summed E-state index contributed by atoms with van der Waals surface area (Å²) < 4.78 is 6.79. The minimum atomic E-state index is -0.157. The predicted octanol–water partition coefficient (Wildman–Crippen LogP) is 6.61. The van der Waals surface area contributed by atoms with Gasteiger partial charge in [-0.05, 0) is 55.7 Å². The fraction of sp³-hybridized carbons (Fsp3) is 0.227. The molecule has 1 N–H and O–H groups in total. The molecule has 1 heterocycles. The quantitative estimate of drug-likeness (QED) is 0.495. The van der Waals surface area contributed by atoms with Crippen LogP contribution in [0.5, 0.6) is 0 Å². The molecule has 0 saturated heterocycles. The van der Waals surface area contributed by atoms with Crippen LogP contribution in [0.2, 0.25) is 0 Å². The maximum absolute atomic E-state index is 12.6. The Morgan fingerprint density at radius 3 is 2.42 bits per heavy atom. The normalized spacial score (nSPS) is 10.7. The van der Waals surface area contributed by atoms with Crippen LogP contribution in [0.3, 0.4) is 0 Å². The first-order valence-corrected chi connectivity index (χ1v) is 9.63. The molecule has 4 heteroatoms. The molecule has 0 saturated carbocycles. The van der Waals surface area contributed by atoms with Crippen molar-refractivity contribution in [1.82, 2.24) is 0 Å². The summed E-state index contributed by atoms with van der Waals surface area (Å²) in [5, 5.41) is 2.95. The second kappa shape index (κ2) is 8.37. The summed E-state index contributed by atoms with van der Waals surface area (Å²) in [5.74, 6) is 1.14. The van der Waals surface area contributed by atoms with Crippen molar-refractivity contribution in [3.63, 3.8) is 0 Å². The summed E-state index contributed by atoms with van der Waals surface area (Å²) in [6.07, 6.45) is 3.43. The number of anilines is 1. The van der Waals surface area contributed by atoms with Gasteiger partial charge in [0.25, 0.3) is 5.91 Å². The van der Waals surface area contributed by atoms with E-state index in [1.165, 1.54) is 18.4 Å². The Bertz CT molecular complexity index is 880. The van der Waals surface area contributed by atoms with Crippen molar-refractivity contribution in [3.05, 3.63) is 76.0 Å². The summed E-state index contributed by atoms with van der Waals surface area (Å²) in [4.78, 5) is 12.6. The van der Waals surface area contributed by atoms with Crippen LogP contribution in [0.4, 0.5) is 5.69 Å². The van der Waals surface area contributed by atoms with E-state index in [0.29, 0.717) is 17.1 Å². The highest BCUT2D eigenvalue weighted by atomic mass is 79.9. The van der Waals surface area contributed by atoms with Gasteiger partial charge >= 0.3 is 0 Å². The van der Waals surface area contributed by atoms with E-state index in [9.17, 15) is 4.79 Å². The van der Waals surface area contributed by atoms with E-state index in [2.05, 4.69) is 40.3 Å². The van der Waals surface area contributed by atoms with Gasteiger partial charge in [0.2, 0.25) is 0 Å². The van der Waals surface area contributed by atoms with Gasteiger partial charge in [-0.15, -0.1) is 0 Å². The van der Waals surface area contributed by atoms with Gasteiger partial charge in [0, 0.05) is 15.7 Å². The van der Waals surface area contributed by atoms with Crippen molar-refractivity contribution in [1.29, 1.82) is 0 Å². The number of carbonyl (C=O) groups is 1. The Morgan fingerprint density at radius 2 is 1.77 bits per heavy atom. The molecule has 3 aromatic rings. The van der Waals surface area contributed by atoms with Crippen molar-refractivity contribution < 1.29 is 9.21 Å². The Labute approximate surface area is 162 Å². The number of hydrogen-bond acceptors (Lipinski definition) is 2. The zero-order valence-electron chi connectivity index (χ0n) is 15.0. The van der Waals surface area contributed by atoms with Crippen LogP contribution < -0.4 is 5.32 Å². The third-order valence-corrected chi connectivity index (χ3v) is 4.85. The number of benzene rings is 2. The van der Waals surface area contributed by atoms with Gasteiger partial charge < -0.3 is 9.73 Å². The first-order valence-electron chi connectivity index (χ1n) is 8.83. The Balaban J connectivity index is 1.72.